The molecule has 0 aliphatic carbocycles. The number of aliphatic hydroxyl groups is 1. The van der Waals surface area contributed by atoms with E-state index in [1.807, 2.05) is 5.32 Å². The summed E-state index contributed by atoms with van der Waals surface area (Å²) in [4.78, 5) is 31.7. The van der Waals surface area contributed by atoms with Crippen LogP contribution in [0.25, 0.3) is 0 Å². The highest BCUT2D eigenvalue weighted by Gasteiger charge is 2.26. The van der Waals surface area contributed by atoms with E-state index in [1.165, 1.54) is 0 Å². The monoisotopic (exact) mass is 217 g/mol. The average molecular weight is 217 g/mol. The summed E-state index contributed by atoms with van der Waals surface area (Å²) in [6, 6.07) is 0. The first-order valence-electron chi connectivity index (χ1n) is 3.94. The zero-order valence-electron chi connectivity index (χ0n) is 7.93. The van der Waals surface area contributed by atoms with Crippen molar-refractivity contribution in [2.24, 2.45) is 5.92 Å². The van der Waals surface area contributed by atoms with Crippen LogP contribution in [0.1, 0.15) is 6.92 Å². The van der Waals surface area contributed by atoms with E-state index in [4.69, 9.17) is 15.3 Å². The average Bonchev–Trinajstić information content (AvgIpc) is 2.10. The Morgan fingerprint density at radius 1 is 1.33 bits per heavy atom. The zero-order valence-corrected chi connectivity index (χ0v) is 7.93. The van der Waals surface area contributed by atoms with Crippen LogP contribution >= 0.6 is 0 Å². The molecule has 0 fully saturated rings. The maximum Gasteiger partial charge on any atom is 0.334 e. The van der Waals surface area contributed by atoms with Crippen LogP contribution in [0, 0.1) is 5.92 Å². The van der Waals surface area contributed by atoms with Crippen LogP contribution in [0.4, 0.5) is 0 Å². The molecule has 0 aliphatic rings. The number of carbonyl (C=O) groups excluding carboxylic acids is 1. The van der Waals surface area contributed by atoms with Gasteiger partial charge in [0.15, 0.2) is 0 Å². The Labute approximate surface area is 85.0 Å². The molecule has 0 radical (unpaired) electrons. The van der Waals surface area contributed by atoms with Gasteiger partial charge in [0.25, 0.3) is 0 Å². The summed E-state index contributed by atoms with van der Waals surface area (Å²) < 4.78 is 0. The summed E-state index contributed by atoms with van der Waals surface area (Å²) in [5.74, 6) is -5.08. The summed E-state index contributed by atoms with van der Waals surface area (Å²) in [7, 11) is 0. The first-order chi connectivity index (χ1) is 6.90. The molecule has 0 rings (SSSR count). The van der Waals surface area contributed by atoms with Crippen molar-refractivity contribution in [3.63, 3.8) is 0 Å². The van der Waals surface area contributed by atoms with Crippen LogP contribution in [0.15, 0.2) is 11.8 Å². The Balaban J connectivity index is 4.93. The van der Waals surface area contributed by atoms with E-state index in [0.29, 0.717) is 0 Å². The molecule has 0 saturated carbocycles. The molecule has 15 heavy (non-hydrogen) atoms. The number of hydrogen-bond acceptors (Lipinski definition) is 4. The topological polar surface area (TPSA) is 124 Å². The molecular weight excluding hydrogens is 206 g/mol. The van der Waals surface area contributed by atoms with Gasteiger partial charge in [0.2, 0.25) is 5.91 Å². The predicted octanol–water partition coefficient (Wildman–Crippen LogP) is -1.22. The molecule has 0 spiro atoms. The fourth-order valence-corrected chi connectivity index (χ4v) is 0.800. The van der Waals surface area contributed by atoms with Crippen molar-refractivity contribution < 1.29 is 29.7 Å². The Hall–Kier alpha value is -1.89. The number of rotatable bonds is 5. The zero-order chi connectivity index (χ0) is 12.0. The van der Waals surface area contributed by atoms with Gasteiger partial charge in [0.05, 0.1) is 12.2 Å². The Kier molecular flexibility index (Phi) is 5.03. The normalized spacial score (nSPS) is 13.1. The second-order valence-electron chi connectivity index (χ2n) is 2.68. The van der Waals surface area contributed by atoms with Crippen LogP contribution in [-0.2, 0) is 14.4 Å². The number of aliphatic carboxylic acids is 2. The Morgan fingerprint density at radius 2 is 1.87 bits per heavy atom. The van der Waals surface area contributed by atoms with Crippen molar-refractivity contribution in [3.05, 3.63) is 11.8 Å². The van der Waals surface area contributed by atoms with Crippen LogP contribution in [0.2, 0.25) is 0 Å². The largest absolute Gasteiger partial charge is 0.481 e. The molecule has 4 N–H and O–H groups in total. The van der Waals surface area contributed by atoms with Crippen molar-refractivity contribution >= 4 is 17.8 Å². The molecule has 7 heteroatoms. The van der Waals surface area contributed by atoms with Crippen molar-refractivity contribution in [1.82, 2.24) is 5.32 Å². The molecule has 0 heterocycles. The molecule has 1 unspecified atom stereocenters. The van der Waals surface area contributed by atoms with Gasteiger partial charge in [-0.05, 0) is 0 Å². The van der Waals surface area contributed by atoms with E-state index >= 15 is 0 Å². The maximum absolute atomic E-state index is 10.6. The highest BCUT2D eigenvalue weighted by atomic mass is 16.4. The number of aliphatic hydroxyl groups excluding tert-OH is 1. The lowest BCUT2D eigenvalue weighted by atomic mass is 10.0. The maximum atomic E-state index is 10.6. The lowest BCUT2D eigenvalue weighted by Gasteiger charge is -2.09. The molecule has 0 aliphatic heterocycles. The molecule has 0 aromatic carbocycles. The van der Waals surface area contributed by atoms with Crippen molar-refractivity contribution in [1.29, 1.82) is 0 Å². The minimum Gasteiger partial charge on any atom is -0.481 e. The van der Waals surface area contributed by atoms with E-state index in [-0.39, 0.29) is 0 Å². The van der Waals surface area contributed by atoms with Crippen LogP contribution in [0.3, 0.4) is 0 Å². The van der Waals surface area contributed by atoms with Crippen molar-refractivity contribution in [2.75, 3.05) is 6.61 Å². The number of carbonyl (C=O) groups is 3. The third kappa shape index (κ3) is 4.23. The smallest absolute Gasteiger partial charge is 0.334 e. The number of hydrogen-bond donors (Lipinski definition) is 4. The van der Waals surface area contributed by atoms with Gasteiger partial charge in [0, 0.05) is 13.1 Å². The number of amides is 1. The molecule has 0 bridgehead atoms. The third-order valence-corrected chi connectivity index (χ3v) is 1.53. The predicted molar refractivity (Wildman–Crippen MR) is 47.7 cm³/mol. The molecule has 7 nitrogen and oxygen atoms in total. The summed E-state index contributed by atoms with van der Waals surface area (Å²) in [5.41, 5.74) is -0.583. The quantitative estimate of drug-likeness (QED) is 0.428. The van der Waals surface area contributed by atoms with Crippen molar-refractivity contribution in [2.45, 2.75) is 6.92 Å². The highest BCUT2D eigenvalue weighted by Crippen LogP contribution is 2.10. The van der Waals surface area contributed by atoms with E-state index in [2.05, 4.69) is 0 Å². The van der Waals surface area contributed by atoms with E-state index in [9.17, 15) is 14.4 Å². The number of carboxylic acid groups (broad SMARTS) is 2. The lowest BCUT2D eigenvalue weighted by molar-refractivity contribution is -0.145. The van der Waals surface area contributed by atoms with Crippen LogP contribution < -0.4 is 5.32 Å². The second kappa shape index (κ2) is 5.76. The first kappa shape index (κ1) is 13.1. The van der Waals surface area contributed by atoms with Crippen LogP contribution in [-0.4, -0.2) is 39.8 Å². The summed E-state index contributed by atoms with van der Waals surface area (Å²) in [6.45, 7) is 0.289. The van der Waals surface area contributed by atoms with E-state index < -0.39 is 35.9 Å². The standard InChI is InChI=1S/C8H11NO6/c1-4(11)9-2-5(7(12)13)6(3-10)8(14)15/h2,6,10H,3H2,1H3,(H,9,11)(H,12,13)(H,14,15)/b5-2-. The molecule has 0 aromatic rings. The van der Waals surface area contributed by atoms with Gasteiger partial charge in [-0.1, -0.05) is 0 Å². The first-order valence-corrected chi connectivity index (χ1v) is 3.94. The van der Waals surface area contributed by atoms with Gasteiger partial charge >= 0.3 is 11.9 Å². The fourth-order valence-electron chi connectivity index (χ4n) is 0.800. The van der Waals surface area contributed by atoms with Gasteiger partial charge in [-0.3, -0.25) is 9.59 Å². The minimum atomic E-state index is -1.56. The summed E-state index contributed by atoms with van der Waals surface area (Å²) in [5, 5.41) is 27.9. The minimum absolute atomic E-state index is 0.532. The van der Waals surface area contributed by atoms with Gasteiger partial charge in [-0.25, -0.2) is 4.79 Å². The van der Waals surface area contributed by atoms with Crippen molar-refractivity contribution in [3.8, 4) is 0 Å². The molecule has 1 atom stereocenters. The molecule has 1 amide bonds. The third-order valence-electron chi connectivity index (χ3n) is 1.53. The highest BCUT2D eigenvalue weighted by molar-refractivity contribution is 5.94. The van der Waals surface area contributed by atoms with Gasteiger partial charge < -0.3 is 20.6 Å². The summed E-state index contributed by atoms with van der Waals surface area (Å²) >= 11 is 0. The molecule has 0 saturated heterocycles. The Bertz CT molecular complexity index is 308. The van der Waals surface area contributed by atoms with E-state index in [1.54, 1.807) is 0 Å². The molecular formula is C8H11NO6. The lowest BCUT2D eigenvalue weighted by Crippen LogP contribution is -2.27. The number of nitrogens with one attached hydrogen (secondary N) is 1. The Morgan fingerprint density at radius 3 is 2.13 bits per heavy atom. The number of carboxylic acids is 2. The van der Waals surface area contributed by atoms with Crippen LogP contribution in [0.5, 0.6) is 0 Å². The second-order valence-corrected chi connectivity index (χ2v) is 2.68. The van der Waals surface area contributed by atoms with Gasteiger partial charge in [-0.2, -0.15) is 0 Å². The SMILES string of the molecule is CC(=O)N/C=C(\C(=O)O)C(CO)C(=O)O. The van der Waals surface area contributed by atoms with Gasteiger partial charge in [0.1, 0.15) is 5.92 Å². The molecule has 0 aromatic heterocycles. The van der Waals surface area contributed by atoms with E-state index in [0.717, 1.165) is 13.1 Å². The fraction of sp³-hybridized carbons (Fsp3) is 0.375. The summed E-state index contributed by atoms with van der Waals surface area (Å²) in [6.07, 6.45) is 0.764. The molecule has 84 valence electrons. The van der Waals surface area contributed by atoms with Gasteiger partial charge in [-0.15, -0.1) is 0 Å².